The van der Waals surface area contributed by atoms with Crippen molar-refractivity contribution in [2.45, 2.75) is 18.9 Å². The molecule has 23 heavy (non-hydrogen) atoms. The van der Waals surface area contributed by atoms with Crippen molar-refractivity contribution in [2.75, 3.05) is 13.1 Å². The second kappa shape index (κ2) is 7.04. The Bertz CT molecular complexity index is 657. The molecule has 1 unspecified atom stereocenters. The van der Waals surface area contributed by atoms with E-state index in [4.69, 9.17) is 4.74 Å². The van der Waals surface area contributed by atoms with Crippen molar-refractivity contribution in [2.24, 2.45) is 5.92 Å². The standard InChI is InChI=1S/C18H18F3NO/c19-14-6-7-15(17(21)16(14)20)23-18(12-4-2-1-3-5-12)13-8-10-22-11-9-13/h1-7,13,18,22H,8-11H2. The fourth-order valence-corrected chi connectivity index (χ4v) is 2.96. The van der Waals surface area contributed by atoms with Gasteiger partial charge in [0.25, 0.3) is 0 Å². The van der Waals surface area contributed by atoms with E-state index in [1.807, 2.05) is 30.3 Å². The summed E-state index contributed by atoms with van der Waals surface area (Å²) in [5.74, 6) is -4.06. The Hall–Kier alpha value is -2.01. The number of benzene rings is 2. The smallest absolute Gasteiger partial charge is 0.203 e. The minimum absolute atomic E-state index is 0.186. The van der Waals surface area contributed by atoms with Gasteiger partial charge in [0.05, 0.1) is 0 Å². The summed E-state index contributed by atoms with van der Waals surface area (Å²) in [6, 6.07) is 11.5. The van der Waals surface area contributed by atoms with Gasteiger partial charge in [-0.1, -0.05) is 30.3 Å². The van der Waals surface area contributed by atoms with Gasteiger partial charge in [0, 0.05) is 5.92 Å². The summed E-state index contributed by atoms with van der Waals surface area (Å²) >= 11 is 0. The second-order valence-electron chi connectivity index (χ2n) is 5.71. The average molecular weight is 321 g/mol. The van der Waals surface area contributed by atoms with Gasteiger partial charge in [-0.3, -0.25) is 0 Å². The number of piperidine rings is 1. The van der Waals surface area contributed by atoms with E-state index in [1.165, 1.54) is 0 Å². The zero-order valence-electron chi connectivity index (χ0n) is 12.6. The van der Waals surface area contributed by atoms with E-state index >= 15 is 0 Å². The quantitative estimate of drug-likeness (QED) is 0.851. The summed E-state index contributed by atoms with van der Waals surface area (Å²) in [6.07, 6.45) is 1.37. The predicted molar refractivity (Wildman–Crippen MR) is 81.7 cm³/mol. The van der Waals surface area contributed by atoms with Crippen LogP contribution in [0.1, 0.15) is 24.5 Å². The molecule has 0 aliphatic carbocycles. The van der Waals surface area contributed by atoms with Crippen LogP contribution in [-0.4, -0.2) is 13.1 Å². The Balaban J connectivity index is 1.91. The Morgan fingerprint density at radius 2 is 1.61 bits per heavy atom. The highest BCUT2D eigenvalue weighted by atomic mass is 19.2. The number of hydrogen-bond acceptors (Lipinski definition) is 2. The third-order valence-corrected chi connectivity index (χ3v) is 4.19. The maximum Gasteiger partial charge on any atom is 0.203 e. The number of hydrogen-bond donors (Lipinski definition) is 1. The van der Waals surface area contributed by atoms with Crippen LogP contribution in [0.4, 0.5) is 13.2 Å². The van der Waals surface area contributed by atoms with Crippen molar-refractivity contribution in [1.82, 2.24) is 5.32 Å². The van der Waals surface area contributed by atoms with Gasteiger partial charge in [0.2, 0.25) is 5.82 Å². The van der Waals surface area contributed by atoms with Crippen molar-refractivity contribution in [3.8, 4) is 5.75 Å². The van der Waals surface area contributed by atoms with Crippen LogP contribution in [0.5, 0.6) is 5.75 Å². The molecule has 2 aromatic carbocycles. The van der Waals surface area contributed by atoms with E-state index in [0.717, 1.165) is 43.6 Å². The molecular weight excluding hydrogens is 303 g/mol. The van der Waals surface area contributed by atoms with E-state index in [0.29, 0.717) is 0 Å². The first-order valence-electron chi connectivity index (χ1n) is 7.72. The molecule has 2 nitrogen and oxygen atoms in total. The fraction of sp³-hybridized carbons (Fsp3) is 0.333. The number of halogens is 3. The highest BCUT2D eigenvalue weighted by Crippen LogP contribution is 2.35. The minimum Gasteiger partial charge on any atom is -0.482 e. The minimum atomic E-state index is -1.50. The molecule has 3 rings (SSSR count). The number of rotatable bonds is 4. The predicted octanol–water partition coefficient (Wildman–Crippen LogP) is 4.22. The molecule has 0 saturated carbocycles. The van der Waals surface area contributed by atoms with Gasteiger partial charge in [0.15, 0.2) is 17.4 Å². The van der Waals surface area contributed by atoms with Crippen LogP contribution >= 0.6 is 0 Å². The van der Waals surface area contributed by atoms with Gasteiger partial charge in [-0.15, -0.1) is 0 Å². The van der Waals surface area contributed by atoms with Crippen molar-refractivity contribution >= 4 is 0 Å². The molecule has 5 heteroatoms. The molecule has 0 bridgehead atoms. The lowest BCUT2D eigenvalue weighted by Gasteiger charge is -2.31. The van der Waals surface area contributed by atoms with Gasteiger partial charge in [-0.05, 0) is 43.6 Å². The van der Waals surface area contributed by atoms with E-state index in [-0.39, 0.29) is 11.7 Å². The highest BCUT2D eigenvalue weighted by Gasteiger charge is 2.28. The lowest BCUT2D eigenvalue weighted by Crippen LogP contribution is -2.32. The van der Waals surface area contributed by atoms with E-state index in [2.05, 4.69) is 5.32 Å². The Kier molecular flexibility index (Phi) is 4.86. The van der Waals surface area contributed by atoms with Crippen molar-refractivity contribution in [1.29, 1.82) is 0 Å². The van der Waals surface area contributed by atoms with Crippen LogP contribution in [0.2, 0.25) is 0 Å². The molecule has 1 heterocycles. The first-order chi connectivity index (χ1) is 11.2. The molecule has 1 atom stereocenters. The van der Waals surface area contributed by atoms with Crippen LogP contribution in [0.15, 0.2) is 42.5 Å². The van der Waals surface area contributed by atoms with Gasteiger partial charge in [-0.25, -0.2) is 8.78 Å². The molecule has 1 aliphatic heterocycles. The first kappa shape index (κ1) is 15.9. The zero-order chi connectivity index (χ0) is 16.2. The Morgan fingerprint density at radius 1 is 0.913 bits per heavy atom. The third-order valence-electron chi connectivity index (χ3n) is 4.19. The van der Waals surface area contributed by atoms with Crippen LogP contribution in [0, 0.1) is 23.4 Å². The topological polar surface area (TPSA) is 21.3 Å². The molecule has 1 saturated heterocycles. The van der Waals surface area contributed by atoms with Gasteiger partial charge >= 0.3 is 0 Å². The third kappa shape index (κ3) is 3.50. The van der Waals surface area contributed by atoms with Gasteiger partial charge in [0.1, 0.15) is 6.10 Å². The molecule has 2 aromatic rings. The number of ether oxygens (including phenoxy) is 1. The van der Waals surface area contributed by atoms with Crippen LogP contribution in [0.3, 0.4) is 0 Å². The van der Waals surface area contributed by atoms with Crippen LogP contribution in [0.25, 0.3) is 0 Å². The van der Waals surface area contributed by atoms with Crippen molar-refractivity contribution in [3.05, 3.63) is 65.5 Å². The van der Waals surface area contributed by atoms with Crippen molar-refractivity contribution in [3.63, 3.8) is 0 Å². The summed E-state index contributed by atoms with van der Waals surface area (Å²) in [5.41, 5.74) is 0.906. The van der Waals surface area contributed by atoms with Crippen LogP contribution in [-0.2, 0) is 0 Å². The van der Waals surface area contributed by atoms with Crippen molar-refractivity contribution < 1.29 is 17.9 Å². The summed E-state index contributed by atoms with van der Waals surface area (Å²) in [4.78, 5) is 0. The molecular formula is C18H18F3NO. The molecule has 1 fully saturated rings. The average Bonchev–Trinajstić information content (AvgIpc) is 2.61. The zero-order valence-corrected chi connectivity index (χ0v) is 12.6. The maximum atomic E-state index is 14.0. The first-order valence-corrected chi connectivity index (χ1v) is 7.72. The van der Waals surface area contributed by atoms with Crippen LogP contribution < -0.4 is 10.1 Å². The van der Waals surface area contributed by atoms with E-state index < -0.39 is 23.6 Å². The largest absolute Gasteiger partial charge is 0.482 e. The fourth-order valence-electron chi connectivity index (χ4n) is 2.96. The lowest BCUT2D eigenvalue weighted by atomic mass is 9.88. The second-order valence-corrected chi connectivity index (χ2v) is 5.71. The molecule has 0 spiro atoms. The highest BCUT2D eigenvalue weighted by molar-refractivity contribution is 5.28. The van der Waals surface area contributed by atoms with E-state index in [1.54, 1.807) is 0 Å². The van der Waals surface area contributed by atoms with Gasteiger partial charge < -0.3 is 10.1 Å². The SMILES string of the molecule is Fc1ccc(OC(c2ccccc2)C2CCNCC2)c(F)c1F. The molecule has 122 valence electrons. The summed E-state index contributed by atoms with van der Waals surface area (Å²) in [5, 5.41) is 3.27. The normalized spacial score (nSPS) is 17.0. The molecule has 0 amide bonds. The maximum absolute atomic E-state index is 14.0. The summed E-state index contributed by atoms with van der Waals surface area (Å²) in [7, 11) is 0. The monoisotopic (exact) mass is 321 g/mol. The Morgan fingerprint density at radius 3 is 2.30 bits per heavy atom. The Labute approximate surface area is 133 Å². The van der Waals surface area contributed by atoms with Gasteiger partial charge in [-0.2, -0.15) is 4.39 Å². The molecule has 1 N–H and O–H groups in total. The molecule has 0 radical (unpaired) electrons. The summed E-state index contributed by atoms with van der Waals surface area (Å²) < 4.78 is 46.3. The lowest BCUT2D eigenvalue weighted by molar-refractivity contribution is 0.106. The number of nitrogens with one attached hydrogen (secondary N) is 1. The van der Waals surface area contributed by atoms with E-state index in [9.17, 15) is 13.2 Å². The molecule has 1 aliphatic rings. The molecule has 0 aromatic heterocycles. The summed E-state index contributed by atoms with van der Waals surface area (Å²) in [6.45, 7) is 1.72.